The van der Waals surface area contributed by atoms with Gasteiger partial charge in [-0.2, -0.15) is 0 Å². The highest BCUT2D eigenvalue weighted by atomic mass is 16.5. The van der Waals surface area contributed by atoms with Crippen LogP contribution in [0.4, 0.5) is 5.69 Å². The van der Waals surface area contributed by atoms with Crippen LogP contribution in [0.15, 0.2) is 24.3 Å². The molecule has 1 fully saturated rings. The zero-order valence-electron chi connectivity index (χ0n) is 13.6. The smallest absolute Gasteiger partial charge is 0.254 e. The molecule has 6 nitrogen and oxygen atoms in total. The van der Waals surface area contributed by atoms with E-state index in [1.165, 1.54) is 0 Å². The lowest BCUT2D eigenvalue weighted by atomic mass is 10.1. The second-order valence-electron chi connectivity index (χ2n) is 5.56. The summed E-state index contributed by atoms with van der Waals surface area (Å²) in [5, 5.41) is 5.91. The number of benzene rings is 1. The number of anilines is 1. The quantitative estimate of drug-likeness (QED) is 0.747. The Hall–Kier alpha value is -1.92. The van der Waals surface area contributed by atoms with Gasteiger partial charge in [0.05, 0.1) is 19.8 Å². The van der Waals surface area contributed by atoms with E-state index in [1.54, 1.807) is 29.2 Å². The number of morpholine rings is 1. The maximum Gasteiger partial charge on any atom is 0.254 e. The molecule has 1 aromatic rings. The highest BCUT2D eigenvalue weighted by Gasteiger charge is 2.18. The predicted octanol–water partition coefficient (Wildman–Crippen LogP) is 1.49. The van der Waals surface area contributed by atoms with Crippen molar-refractivity contribution in [1.82, 2.24) is 10.2 Å². The van der Waals surface area contributed by atoms with Gasteiger partial charge in [-0.15, -0.1) is 0 Å². The van der Waals surface area contributed by atoms with Gasteiger partial charge in [-0.3, -0.25) is 9.59 Å². The molecule has 0 bridgehead atoms. The minimum absolute atomic E-state index is 0.00686. The Morgan fingerprint density at radius 3 is 2.52 bits per heavy atom. The van der Waals surface area contributed by atoms with Gasteiger partial charge >= 0.3 is 0 Å². The van der Waals surface area contributed by atoms with Crippen molar-refractivity contribution in [3.05, 3.63) is 29.8 Å². The first-order valence-electron chi connectivity index (χ1n) is 8.18. The van der Waals surface area contributed by atoms with E-state index in [0.29, 0.717) is 44.1 Å². The van der Waals surface area contributed by atoms with E-state index >= 15 is 0 Å². The zero-order valence-corrected chi connectivity index (χ0v) is 13.6. The topological polar surface area (TPSA) is 70.7 Å². The lowest BCUT2D eigenvalue weighted by molar-refractivity contribution is -0.115. The standard InChI is InChI=1S/C17H25N3O3/c1-2-3-8-18-13-16(21)19-15-6-4-14(5-7-15)17(22)20-9-11-23-12-10-20/h4-7,18H,2-3,8-13H2,1H3,(H,19,21). The Kier molecular flexibility index (Phi) is 7.03. The highest BCUT2D eigenvalue weighted by Crippen LogP contribution is 2.12. The number of nitrogens with zero attached hydrogens (tertiary/aromatic N) is 1. The molecule has 6 heteroatoms. The Bertz CT molecular complexity index is 510. The van der Waals surface area contributed by atoms with Crippen LogP contribution in [0.25, 0.3) is 0 Å². The summed E-state index contributed by atoms with van der Waals surface area (Å²) in [6.45, 7) is 5.68. The van der Waals surface area contributed by atoms with Crippen LogP contribution >= 0.6 is 0 Å². The summed E-state index contributed by atoms with van der Waals surface area (Å²) >= 11 is 0. The van der Waals surface area contributed by atoms with Gasteiger partial charge in [-0.25, -0.2) is 0 Å². The zero-order chi connectivity index (χ0) is 16.5. The summed E-state index contributed by atoms with van der Waals surface area (Å²) < 4.78 is 5.25. The van der Waals surface area contributed by atoms with Crippen LogP contribution in [0.3, 0.4) is 0 Å². The normalized spacial score (nSPS) is 14.6. The number of amides is 2. The van der Waals surface area contributed by atoms with Gasteiger partial charge in [0.1, 0.15) is 0 Å². The minimum atomic E-state index is -0.0756. The van der Waals surface area contributed by atoms with Gasteiger partial charge in [-0.05, 0) is 37.2 Å². The average Bonchev–Trinajstić information content (AvgIpc) is 2.59. The molecule has 0 aliphatic carbocycles. The molecule has 0 saturated carbocycles. The fourth-order valence-corrected chi connectivity index (χ4v) is 2.35. The SMILES string of the molecule is CCCCNCC(=O)Nc1ccc(C(=O)N2CCOCC2)cc1. The van der Waals surface area contributed by atoms with Crippen LogP contribution in [-0.4, -0.2) is 56.1 Å². The Labute approximate surface area is 137 Å². The van der Waals surface area contributed by atoms with Gasteiger partial charge in [-0.1, -0.05) is 13.3 Å². The third-order valence-corrected chi connectivity index (χ3v) is 3.71. The van der Waals surface area contributed by atoms with E-state index in [9.17, 15) is 9.59 Å². The first kappa shape index (κ1) is 17.4. The van der Waals surface area contributed by atoms with Crippen LogP contribution in [0.5, 0.6) is 0 Å². The molecule has 1 heterocycles. The second kappa shape index (κ2) is 9.27. The van der Waals surface area contributed by atoms with Gasteiger partial charge in [0.2, 0.25) is 5.91 Å². The second-order valence-corrected chi connectivity index (χ2v) is 5.56. The molecule has 2 rings (SSSR count). The molecule has 0 aromatic heterocycles. The minimum Gasteiger partial charge on any atom is -0.378 e. The van der Waals surface area contributed by atoms with E-state index in [4.69, 9.17) is 4.74 Å². The number of unbranched alkanes of at least 4 members (excludes halogenated alkanes) is 1. The number of hydrogen-bond donors (Lipinski definition) is 2. The summed E-state index contributed by atoms with van der Waals surface area (Å²) in [5.74, 6) is -0.0687. The van der Waals surface area contributed by atoms with Crippen molar-refractivity contribution in [1.29, 1.82) is 0 Å². The van der Waals surface area contributed by atoms with Crippen LogP contribution in [0.1, 0.15) is 30.1 Å². The third-order valence-electron chi connectivity index (χ3n) is 3.71. The Morgan fingerprint density at radius 2 is 1.87 bits per heavy atom. The van der Waals surface area contributed by atoms with E-state index in [1.807, 2.05) is 0 Å². The van der Waals surface area contributed by atoms with Crippen LogP contribution in [0.2, 0.25) is 0 Å². The first-order valence-corrected chi connectivity index (χ1v) is 8.18. The monoisotopic (exact) mass is 319 g/mol. The Balaban J connectivity index is 1.81. The molecule has 0 spiro atoms. The van der Waals surface area contributed by atoms with Crippen molar-refractivity contribution in [3.63, 3.8) is 0 Å². The fourth-order valence-electron chi connectivity index (χ4n) is 2.35. The number of ether oxygens (including phenoxy) is 1. The molecule has 1 aromatic carbocycles. The van der Waals surface area contributed by atoms with E-state index in [-0.39, 0.29) is 11.8 Å². The van der Waals surface area contributed by atoms with Crippen molar-refractivity contribution in [2.75, 3.05) is 44.7 Å². The van der Waals surface area contributed by atoms with Crippen LogP contribution in [0, 0.1) is 0 Å². The van der Waals surface area contributed by atoms with Crippen molar-refractivity contribution >= 4 is 17.5 Å². The van der Waals surface area contributed by atoms with E-state index in [2.05, 4.69) is 17.6 Å². The molecule has 2 amide bonds. The van der Waals surface area contributed by atoms with Gasteiger partial charge < -0.3 is 20.3 Å². The summed E-state index contributed by atoms with van der Waals surface area (Å²) in [7, 11) is 0. The number of hydrogen-bond acceptors (Lipinski definition) is 4. The molecule has 2 N–H and O–H groups in total. The molecule has 1 aliphatic heterocycles. The van der Waals surface area contributed by atoms with Gasteiger partial charge in [0, 0.05) is 24.3 Å². The first-order chi connectivity index (χ1) is 11.2. The Morgan fingerprint density at radius 1 is 1.17 bits per heavy atom. The van der Waals surface area contributed by atoms with Crippen molar-refractivity contribution in [3.8, 4) is 0 Å². The van der Waals surface area contributed by atoms with Crippen molar-refractivity contribution < 1.29 is 14.3 Å². The van der Waals surface area contributed by atoms with Crippen molar-refractivity contribution in [2.24, 2.45) is 0 Å². The molecule has 1 saturated heterocycles. The summed E-state index contributed by atoms with van der Waals surface area (Å²) in [6, 6.07) is 7.02. The predicted molar refractivity (Wildman–Crippen MR) is 89.6 cm³/mol. The number of rotatable bonds is 7. The summed E-state index contributed by atoms with van der Waals surface area (Å²) in [6.07, 6.45) is 2.17. The van der Waals surface area contributed by atoms with Gasteiger partial charge in [0.25, 0.3) is 5.91 Å². The lowest BCUT2D eigenvalue weighted by Crippen LogP contribution is -2.40. The number of carbonyl (C=O) groups excluding carboxylic acids is 2. The lowest BCUT2D eigenvalue weighted by Gasteiger charge is -2.26. The maximum atomic E-state index is 12.3. The molecule has 23 heavy (non-hydrogen) atoms. The van der Waals surface area contributed by atoms with Crippen LogP contribution < -0.4 is 10.6 Å². The molecule has 126 valence electrons. The highest BCUT2D eigenvalue weighted by molar-refractivity contribution is 5.96. The fraction of sp³-hybridized carbons (Fsp3) is 0.529. The maximum absolute atomic E-state index is 12.3. The largest absolute Gasteiger partial charge is 0.378 e. The molecular formula is C17H25N3O3. The van der Waals surface area contributed by atoms with Crippen molar-refractivity contribution in [2.45, 2.75) is 19.8 Å². The third kappa shape index (κ3) is 5.65. The van der Waals surface area contributed by atoms with E-state index < -0.39 is 0 Å². The molecular weight excluding hydrogens is 294 g/mol. The summed E-state index contributed by atoms with van der Waals surface area (Å²) in [4.78, 5) is 25.9. The average molecular weight is 319 g/mol. The van der Waals surface area contributed by atoms with E-state index in [0.717, 1.165) is 19.4 Å². The van der Waals surface area contributed by atoms with Crippen LogP contribution in [-0.2, 0) is 9.53 Å². The molecule has 0 unspecified atom stereocenters. The molecule has 1 aliphatic rings. The van der Waals surface area contributed by atoms with Gasteiger partial charge in [0.15, 0.2) is 0 Å². The molecule has 0 radical (unpaired) electrons. The number of nitrogens with one attached hydrogen (secondary N) is 2. The molecule has 0 atom stereocenters. The number of carbonyl (C=O) groups is 2. The summed E-state index contributed by atoms with van der Waals surface area (Å²) in [5.41, 5.74) is 1.33.